The molecule has 0 spiro atoms. The molecule has 10 heteroatoms. The molecule has 1 heterocycles. The van der Waals surface area contributed by atoms with Crippen LogP contribution in [0.4, 0.5) is 24.5 Å². The number of rotatable bonds is 3. The van der Waals surface area contributed by atoms with Crippen molar-refractivity contribution in [1.29, 1.82) is 0 Å². The summed E-state index contributed by atoms with van der Waals surface area (Å²) in [7, 11) is 0. The van der Waals surface area contributed by atoms with Crippen molar-refractivity contribution in [2.24, 2.45) is 23.7 Å². The summed E-state index contributed by atoms with van der Waals surface area (Å²) in [5, 5.41) is 2.30. The Labute approximate surface area is 204 Å². The number of fused-ring (bicyclic) bond motifs is 5. The summed E-state index contributed by atoms with van der Waals surface area (Å²) < 4.78 is 40.0. The van der Waals surface area contributed by atoms with Crippen LogP contribution < -0.4 is 10.2 Å². The Morgan fingerprint density at radius 2 is 1.45 bits per heavy atom. The van der Waals surface area contributed by atoms with Gasteiger partial charge >= 0.3 is 6.18 Å². The molecule has 1 aliphatic heterocycles. The van der Waals surface area contributed by atoms with Crippen molar-refractivity contribution in [1.82, 2.24) is 0 Å². The normalized spacial score (nSPS) is 30.6. The lowest BCUT2D eigenvalue weighted by Gasteiger charge is -2.28. The van der Waals surface area contributed by atoms with E-state index >= 15 is 0 Å². The summed E-state index contributed by atoms with van der Waals surface area (Å²) in [6.07, 6.45) is -3.89. The van der Waals surface area contributed by atoms with Crippen LogP contribution in [0.15, 0.2) is 48.5 Å². The molecule has 33 heavy (non-hydrogen) atoms. The Kier molecular flexibility index (Phi) is 5.43. The smallest absolute Gasteiger partial charge is 0.321 e. The van der Waals surface area contributed by atoms with Crippen LogP contribution in [-0.2, 0) is 15.8 Å². The van der Waals surface area contributed by atoms with Gasteiger partial charge in [0.15, 0.2) is 0 Å². The van der Waals surface area contributed by atoms with Crippen molar-refractivity contribution in [3.05, 3.63) is 59.7 Å². The summed E-state index contributed by atoms with van der Waals surface area (Å²) in [6, 6.07) is 10.6. The number of nitrogens with zero attached hydrogens (tertiary/aromatic N) is 1. The second-order valence-electron chi connectivity index (χ2n) is 8.53. The Morgan fingerprint density at radius 3 is 2.06 bits per heavy atom. The topological polar surface area (TPSA) is 66.5 Å². The maximum Gasteiger partial charge on any atom is 0.418 e. The molecular weight excluding hydrogens is 569 g/mol. The van der Waals surface area contributed by atoms with E-state index in [0.717, 1.165) is 23.5 Å². The van der Waals surface area contributed by atoms with Gasteiger partial charge in [-0.05, 0) is 42.5 Å². The molecular formula is C23H17Br2F3N2O3. The molecule has 6 atom stereocenters. The first kappa shape index (κ1) is 22.6. The number of hydrogen-bond acceptors (Lipinski definition) is 3. The van der Waals surface area contributed by atoms with Crippen LogP contribution in [0.25, 0.3) is 0 Å². The first-order valence-electron chi connectivity index (χ1n) is 10.3. The first-order chi connectivity index (χ1) is 15.6. The van der Waals surface area contributed by atoms with Crippen LogP contribution in [0.3, 0.4) is 0 Å². The van der Waals surface area contributed by atoms with Gasteiger partial charge in [0.2, 0.25) is 11.8 Å². The predicted octanol–water partition coefficient (Wildman–Crippen LogP) is 5.24. The number of nitrogens with one attached hydrogen (secondary N) is 1. The Balaban J connectivity index is 1.48. The van der Waals surface area contributed by atoms with Gasteiger partial charge in [0.25, 0.3) is 5.91 Å². The molecule has 0 radical (unpaired) electrons. The number of amides is 3. The van der Waals surface area contributed by atoms with Crippen molar-refractivity contribution in [3.63, 3.8) is 0 Å². The molecule has 172 valence electrons. The summed E-state index contributed by atoms with van der Waals surface area (Å²) in [5.41, 5.74) is -1.35. The highest BCUT2D eigenvalue weighted by Gasteiger charge is 2.66. The molecule has 1 N–H and O–H groups in total. The van der Waals surface area contributed by atoms with Gasteiger partial charge in [-0.3, -0.25) is 14.4 Å². The third kappa shape index (κ3) is 3.44. The van der Waals surface area contributed by atoms with Crippen LogP contribution in [-0.4, -0.2) is 27.4 Å². The van der Waals surface area contributed by atoms with E-state index in [1.807, 2.05) is 0 Å². The Hall–Kier alpha value is -2.20. The highest BCUT2D eigenvalue weighted by molar-refractivity contribution is 9.12. The molecule has 5 nitrogen and oxygen atoms in total. The van der Waals surface area contributed by atoms with Gasteiger partial charge in [0, 0.05) is 9.65 Å². The van der Waals surface area contributed by atoms with Crippen molar-refractivity contribution in [2.45, 2.75) is 22.3 Å². The largest absolute Gasteiger partial charge is 0.418 e. The Bertz CT molecular complexity index is 1140. The zero-order valence-corrected chi connectivity index (χ0v) is 20.0. The van der Waals surface area contributed by atoms with Crippen LogP contribution >= 0.6 is 31.9 Å². The van der Waals surface area contributed by atoms with Gasteiger partial charge in [-0.2, -0.15) is 13.2 Å². The Morgan fingerprint density at radius 1 is 0.909 bits per heavy atom. The molecule has 1 saturated heterocycles. The number of alkyl halides is 5. The third-order valence-corrected chi connectivity index (χ3v) is 10.1. The number of hydrogen-bond donors (Lipinski definition) is 1. The molecule has 3 aliphatic rings. The molecule has 2 aromatic rings. The molecule has 3 fully saturated rings. The fraction of sp³-hybridized carbons (Fsp3) is 0.348. The summed E-state index contributed by atoms with van der Waals surface area (Å²) in [4.78, 5) is 40.9. The van der Waals surface area contributed by atoms with E-state index in [2.05, 4.69) is 37.2 Å². The van der Waals surface area contributed by atoms with E-state index in [0.29, 0.717) is 0 Å². The highest BCUT2D eigenvalue weighted by atomic mass is 79.9. The zero-order valence-electron chi connectivity index (χ0n) is 16.9. The van der Waals surface area contributed by atoms with Crippen LogP contribution in [0, 0.1) is 23.7 Å². The zero-order chi connectivity index (χ0) is 23.7. The summed E-state index contributed by atoms with van der Waals surface area (Å²) in [5.74, 6) is -2.49. The fourth-order valence-corrected chi connectivity index (χ4v) is 7.35. The second kappa shape index (κ2) is 7.94. The van der Waals surface area contributed by atoms with Crippen molar-refractivity contribution in [2.75, 3.05) is 10.2 Å². The fourth-order valence-electron chi connectivity index (χ4n) is 5.48. The molecule has 3 amide bonds. The van der Waals surface area contributed by atoms with Gasteiger partial charge in [-0.25, -0.2) is 4.90 Å². The van der Waals surface area contributed by atoms with Crippen molar-refractivity contribution < 1.29 is 27.6 Å². The van der Waals surface area contributed by atoms with Crippen molar-refractivity contribution >= 4 is 61.0 Å². The van der Waals surface area contributed by atoms with E-state index < -0.39 is 35.2 Å². The molecule has 2 bridgehead atoms. The number of imide groups is 1. The first-order valence-corrected chi connectivity index (χ1v) is 12.2. The van der Waals surface area contributed by atoms with E-state index in [9.17, 15) is 27.6 Å². The van der Waals surface area contributed by atoms with E-state index in [-0.39, 0.29) is 44.6 Å². The third-order valence-electron chi connectivity index (χ3n) is 6.86. The standard InChI is InChI=1S/C23H17Br2F3N2O3/c24-18-11-9-12(19(18)25)17-16(11)21(32)30(22(17)33)15-8-4-1-5-10(15)20(31)29-14-7-3-2-6-13(14)23(26,27)28/h1-8,11-12,16-19H,9H2,(H,29,31)/t11-,12-,16-,17-,18-,19+/m1/s1. The van der Waals surface area contributed by atoms with E-state index in [4.69, 9.17) is 0 Å². The molecule has 2 saturated carbocycles. The molecule has 2 aromatic carbocycles. The lowest BCUT2D eigenvalue weighted by Crippen LogP contribution is -2.37. The lowest BCUT2D eigenvalue weighted by atomic mass is 9.81. The number of para-hydroxylation sites is 2. The van der Waals surface area contributed by atoms with Gasteiger partial charge in [0.05, 0.1) is 34.3 Å². The minimum absolute atomic E-state index is 0.00507. The SMILES string of the molecule is O=C(Nc1ccccc1C(F)(F)F)c1ccccc1N1C(=O)[C@@H]2[C@H]3C[C@@H]([C@@H](Br)[C@H]3Br)[C@H]2C1=O. The minimum Gasteiger partial charge on any atom is -0.321 e. The van der Waals surface area contributed by atoms with Gasteiger partial charge in [-0.15, -0.1) is 0 Å². The number of carbonyl (C=O) groups excluding carboxylic acids is 3. The number of carbonyl (C=O) groups is 3. The molecule has 0 aromatic heterocycles. The molecule has 2 aliphatic carbocycles. The number of benzene rings is 2. The summed E-state index contributed by atoms with van der Waals surface area (Å²) in [6.45, 7) is 0. The maximum absolute atomic E-state index is 13.3. The predicted molar refractivity (Wildman–Crippen MR) is 122 cm³/mol. The molecule has 5 rings (SSSR count). The average molecular weight is 586 g/mol. The quantitative estimate of drug-likeness (QED) is 0.396. The van der Waals surface area contributed by atoms with Gasteiger partial charge in [-0.1, -0.05) is 56.1 Å². The van der Waals surface area contributed by atoms with E-state index in [1.165, 1.54) is 30.3 Å². The second-order valence-corrected chi connectivity index (χ2v) is 10.6. The minimum atomic E-state index is -4.65. The molecule has 0 unspecified atom stereocenters. The average Bonchev–Trinajstić information content (AvgIpc) is 3.38. The highest BCUT2D eigenvalue weighted by Crippen LogP contribution is 2.60. The number of halogens is 5. The summed E-state index contributed by atoms with van der Waals surface area (Å²) >= 11 is 7.27. The van der Waals surface area contributed by atoms with Crippen LogP contribution in [0.1, 0.15) is 22.3 Å². The van der Waals surface area contributed by atoms with Crippen LogP contribution in [0.2, 0.25) is 0 Å². The van der Waals surface area contributed by atoms with Gasteiger partial charge < -0.3 is 5.32 Å². The lowest BCUT2D eigenvalue weighted by molar-refractivity contribution is -0.137. The van der Waals surface area contributed by atoms with Gasteiger partial charge in [0.1, 0.15) is 0 Å². The van der Waals surface area contributed by atoms with Crippen molar-refractivity contribution in [3.8, 4) is 0 Å². The number of anilines is 2. The van der Waals surface area contributed by atoms with Crippen LogP contribution in [0.5, 0.6) is 0 Å². The monoisotopic (exact) mass is 584 g/mol. The van der Waals surface area contributed by atoms with E-state index in [1.54, 1.807) is 6.07 Å². The maximum atomic E-state index is 13.3.